The lowest BCUT2D eigenvalue weighted by Gasteiger charge is -2.23. The summed E-state index contributed by atoms with van der Waals surface area (Å²) < 4.78 is 23.8. The number of cyclic esters (lactones) is 1. The lowest BCUT2D eigenvalue weighted by atomic mass is 9.89. The lowest BCUT2D eigenvalue weighted by Crippen LogP contribution is -2.24. The number of allylic oxidation sites excluding steroid dienone is 1. The highest BCUT2D eigenvalue weighted by atomic mass is 32.2. The van der Waals surface area contributed by atoms with Crippen molar-refractivity contribution in [3.05, 3.63) is 82.0 Å². The third-order valence-corrected chi connectivity index (χ3v) is 6.13. The van der Waals surface area contributed by atoms with Gasteiger partial charge in [0.15, 0.2) is 17.6 Å². The molecule has 0 aromatic heterocycles. The average molecular weight is 424 g/mol. The second kappa shape index (κ2) is 7.72. The average Bonchev–Trinajstić information content (AvgIpc) is 3.09. The zero-order valence-corrected chi connectivity index (χ0v) is 16.6. The van der Waals surface area contributed by atoms with Gasteiger partial charge in [-0.1, -0.05) is 42.5 Å². The van der Waals surface area contributed by atoms with Gasteiger partial charge in [-0.05, 0) is 12.1 Å². The number of carbonyl (C=O) groups excluding carboxylic acids is 3. The molecule has 2 atom stereocenters. The summed E-state index contributed by atoms with van der Waals surface area (Å²) in [6.07, 6.45) is -1.42. The molecule has 2 aromatic carbocycles. The van der Waals surface area contributed by atoms with E-state index < -0.39 is 34.6 Å². The first-order chi connectivity index (χ1) is 14.4. The summed E-state index contributed by atoms with van der Waals surface area (Å²) in [6, 6.07) is 14.6. The highest BCUT2D eigenvalue weighted by Gasteiger charge is 2.43. The molecule has 0 bridgehead atoms. The van der Waals surface area contributed by atoms with E-state index in [9.17, 15) is 23.7 Å². The van der Waals surface area contributed by atoms with Crippen molar-refractivity contribution < 1.29 is 33.2 Å². The Morgan fingerprint density at radius 3 is 2.37 bits per heavy atom. The van der Waals surface area contributed by atoms with Gasteiger partial charge in [0.05, 0.1) is 22.8 Å². The summed E-state index contributed by atoms with van der Waals surface area (Å²) in [4.78, 5) is 37.0. The van der Waals surface area contributed by atoms with Gasteiger partial charge in [0.2, 0.25) is 0 Å². The van der Waals surface area contributed by atoms with E-state index in [2.05, 4.69) is 0 Å². The van der Waals surface area contributed by atoms with E-state index in [4.69, 9.17) is 9.47 Å². The monoisotopic (exact) mass is 424 g/mol. The van der Waals surface area contributed by atoms with Gasteiger partial charge < -0.3 is 14.6 Å². The van der Waals surface area contributed by atoms with Crippen LogP contribution in [-0.4, -0.2) is 33.1 Å². The first-order valence-corrected chi connectivity index (χ1v) is 10.2. The predicted octanol–water partition coefficient (Wildman–Crippen LogP) is 3.05. The van der Waals surface area contributed by atoms with Crippen LogP contribution in [-0.2, 0) is 29.9 Å². The number of aliphatic hydroxyl groups is 1. The lowest BCUT2D eigenvalue weighted by molar-refractivity contribution is -0.144. The maximum Gasteiger partial charge on any atom is 0.315 e. The van der Waals surface area contributed by atoms with Crippen LogP contribution in [0.3, 0.4) is 0 Å². The Labute approximate surface area is 174 Å². The van der Waals surface area contributed by atoms with E-state index in [1.807, 2.05) is 0 Å². The smallest absolute Gasteiger partial charge is 0.315 e. The molecular formula is C22H16O7S. The van der Waals surface area contributed by atoms with Crippen molar-refractivity contribution in [1.82, 2.24) is 0 Å². The third kappa shape index (κ3) is 3.35. The van der Waals surface area contributed by atoms with E-state index in [0.29, 0.717) is 4.90 Å². The molecule has 30 heavy (non-hydrogen) atoms. The molecule has 1 aliphatic carbocycles. The summed E-state index contributed by atoms with van der Waals surface area (Å²) in [5, 5.41) is 11.0. The Morgan fingerprint density at radius 2 is 1.70 bits per heavy atom. The molecule has 7 nitrogen and oxygen atoms in total. The fourth-order valence-electron chi connectivity index (χ4n) is 3.41. The second-order valence-corrected chi connectivity index (χ2v) is 8.07. The van der Waals surface area contributed by atoms with Crippen molar-refractivity contribution in [3.8, 4) is 0 Å². The number of hydrogen-bond acceptors (Lipinski definition) is 7. The van der Waals surface area contributed by atoms with Crippen LogP contribution in [0.1, 0.15) is 29.3 Å². The number of ketones is 1. The van der Waals surface area contributed by atoms with E-state index in [-0.39, 0.29) is 39.5 Å². The Bertz CT molecular complexity index is 1160. The van der Waals surface area contributed by atoms with Crippen LogP contribution in [0.2, 0.25) is 0 Å². The second-order valence-electron chi connectivity index (χ2n) is 6.65. The molecule has 152 valence electrons. The zero-order valence-electron chi connectivity index (χ0n) is 15.8. The number of esters is 2. The molecule has 1 N–H and O–H groups in total. The zero-order chi connectivity index (χ0) is 21.4. The summed E-state index contributed by atoms with van der Waals surface area (Å²) >= 11 is 0. The number of fused-ring (bicyclic) bond motifs is 1. The van der Waals surface area contributed by atoms with Crippen LogP contribution in [0.25, 0.3) is 5.76 Å². The maximum absolute atomic E-state index is 13.4. The first kappa shape index (κ1) is 19.8. The molecule has 1 saturated heterocycles. The van der Waals surface area contributed by atoms with Crippen molar-refractivity contribution in [1.29, 1.82) is 0 Å². The van der Waals surface area contributed by atoms with Gasteiger partial charge >= 0.3 is 11.9 Å². The van der Waals surface area contributed by atoms with Crippen molar-refractivity contribution in [2.45, 2.75) is 24.3 Å². The molecule has 1 fully saturated rings. The van der Waals surface area contributed by atoms with Gasteiger partial charge in [-0.3, -0.25) is 14.4 Å². The molecule has 0 spiro atoms. The number of benzene rings is 2. The minimum atomic E-state index is -1.97. The van der Waals surface area contributed by atoms with Crippen LogP contribution < -0.4 is 0 Å². The fraction of sp³-hybridized carbons (Fsp3) is 0.136. The van der Waals surface area contributed by atoms with E-state index >= 15 is 0 Å². The minimum Gasteiger partial charge on any atom is -0.506 e. The van der Waals surface area contributed by atoms with Crippen LogP contribution in [0.15, 0.2) is 75.7 Å². The fourth-order valence-corrected chi connectivity index (χ4v) is 4.72. The van der Waals surface area contributed by atoms with E-state index in [0.717, 1.165) is 0 Å². The number of carbonyl (C=O) groups is 3. The van der Waals surface area contributed by atoms with Crippen LogP contribution >= 0.6 is 0 Å². The molecule has 1 aliphatic heterocycles. The summed E-state index contributed by atoms with van der Waals surface area (Å²) in [5.74, 6) is -2.52. The van der Waals surface area contributed by atoms with E-state index in [1.165, 1.54) is 19.1 Å². The topological polar surface area (TPSA) is 107 Å². The molecule has 0 saturated carbocycles. The van der Waals surface area contributed by atoms with Crippen molar-refractivity contribution in [3.63, 3.8) is 0 Å². The van der Waals surface area contributed by atoms with Crippen LogP contribution in [0, 0.1) is 0 Å². The van der Waals surface area contributed by atoms with Gasteiger partial charge in [0.25, 0.3) is 0 Å². The normalized spacial score (nSPS) is 21.8. The highest BCUT2D eigenvalue weighted by molar-refractivity contribution is 7.89. The summed E-state index contributed by atoms with van der Waals surface area (Å²) in [7, 11) is -1.97. The molecule has 1 heterocycles. The number of rotatable bonds is 3. The van der Waals surface area contributed by atoms with Gasteiger partial charge in [-0.15, -0.1) is 0 Å². The highest BCUT2D eigenvalue weighted by Crippen LogP contribution is 2.41. The molecule has 2 unspecified atom stereocenters. The molecule has 2 aromatic rings. The Kier molecular flexibility index (Phi) is 5.09. The molecule has 0 amide bonds. The summed E-state index contributed by atoms with van der Waals surface area (Å²) in [5.41, 5.74) is 0.154. The number of aliphatic hydroxyl groups excluding tert-OH is 1. The van der Waals surface area contributed by atoms with E-state index in [1.54, 1.807) is 42.5 Å². The molecular weight excluding hydrogens is 408 g/mol. The van der Waals surface area contributed by atoms with Crippen molar-refractivity contribution >= 4 is 34.3 Å². The number of Topliss-reactive ketones (excluding diaryl/α,β-unsaturated/α-hetero) is 1. The number of ether oxygens (including phenoxy) is 2. The Balaban J connectivity index is 1.99. The molecule has 2 aliphatic rings. The minimum absolute atomic E-state index is 0.163. The van der Waals surface area contributed by atoms with Gasteiger partial charge in [-0.25, -0.2) is 4.21 Å². The van der Waals surface area contributed by atoms with Gasteiger partial charge in [-0.2, -0.15) is 0 Å². The first-order valence-electron chi connectivity index (χ1n) is 9.05. The third-order valence-electron chi connectivity index (χ3n) is 4.66. The Hall–Kier alpha value is -3.52. The van der Waals surface area contributed by atoms with Crippen molar-refractivity contribution in [2.75, 3.05) is 0 Å². The molecule has 0 radical (unpaired) electrons. The molecule has 8 heteroatoms. The summed E-state index contributed by atoms with van der Waals surface area (Å²) in [6.45, 7) is 1.17. The quantitative estimate of drug-likeness (QED) is 0.596. The molecule has 4 rings (SSSR count). The standard InChI is InChI=1S/C22H16O7S/c1-12(23)28-16-11-17(24)29-21(16)18-19(25)14-9-5-6-10-15(14)20(26)22(18)30(27)13-7-3-2-4-8-13/h2-10,16,26H,11H2,1H3/b21-18-. The van der Waals surface area contributed by atoms with Gasteiger partial charge in [0.1, 0.15) is 10.7 Å². The Morgan fingerprint density at radius 1 is 1.07 bits per heavy atom. The largest absolute Gasteiger partial charge is 0.506 e. The van der Waals surface area contributed by atoms with Gasteiger partial charge in [0, 0.05) is 22.9 Å². The van der Waals surface area contributed by atoms with Crippen LogP contribution in [0.5, 0.6) is 0 Å². The van der Waals surface area contributed by atoms with Crippen LogP contribution in [0.4, 0.5) is 0 Å². The number of hydrogen-bond donors (Lipinski definition) is 1. The van der Waals surface area contributed by atoms with Crippen molar-refractivity contribution in [2.24, 2.45) is 0 Å². The SMILES string of the molecule is CC(=O)OC1CC(=O)O/C1=C1/C(=O)c2ccccc2C(O)=C1S(=O)c1ccccc1. The maximum atomic E-state index is 13.4. The predicted molar refractivity (Wildman–Crippen MR) is 106 cm³/mol.